The van der Waals surface area contributed by atoms with E-state index in [1.54, 1.807) is 35.2 Å². The molecule has 0 saturated heterocycles. The van der Waals surface area contributed by atoms with Crippen molar-refractivity contribution in [2.45, 2.75) is 31.8 Å². The molecule has 25 heavy (non-hydrogen) atoms. The number of amides is 2. The van der Waals surface area contributed by atoms with Gasteiger partial charge < -0.3 is 10.4 Å². The van der Waals surface area contributed by atoms with Gasteiger partial charge in [0.2, 0.25) is 0 Å². The molecule has 0 radical (unpaired) electrons. The van der Waals surface area contributed by atoms with Crippen LogP contribution in [0.4, 0.5) is 10.5 Å². The van der Waals surface area contributed by atoms with Gasteiger partial charge >= 0.3 is 12.0 Å². The first-order valence-corrected chi connectivity index (χ1v) is 8.48. The largest absolute Gasteiger partial charge is 0.481 e. The number of fused-ring (bicyclic) bond motifs is 1. The summed E-state index contributed by atoms with van der Waals surface area (Å²) in [7, 11) is 0. The minimum absolute atomic E-state index is 0.207. The van der Waals surface area contributed by atoms with Gasteiger partial charge in [0.1, 0.15) is 0 Å². The summed E-state index contributed by atoms with van der Waals surface area (Å²) >= 11 is 5.87. The first kappa shape index (κ1) is 17.3. The molecule has 1 aliphatic heterocycles. The van der Waals surface area contributed by atoms with E-state index in [1.807, 2.05) is 25.1 Å². The molecule has 0 saturated carbocycles. The number of para-hydroxylation sites is 1. The smallest absolute Gasteiger partial charge is 0.322 e. The predicted octanol–water partition coefficient (Wildman–Crippen LogP) is 4.02. The maximum Gasteiger partial charge on any atom is 0.322 e. The van der Waals surface area contributed by atoms with Gasteiger partial charge in [0, 0.05) is 23.3 Å². The second-order valence-corrected chi connectivity index (χ2v) is 6.63. The molecule has 2 N–H and O–H groups in total. The SMILES string of the molecule is CC1CC(C(=O)O)c2ccccc2N1C(=O)NCc1ccc(Cl)cc1. The zero-order chi connectivity index (χ0) is 18.0. The van der Waals surface area contributed by atoms with Crippen LogP contribution in [0, 0.1) is 0 Å². The Hall–Kier alpha value is -2.53. The number of carbonyl (C=O) groups excluding carboxylic acids is 1. The van der Waals surface area contributed by atoms with Gasteiger partial charge in [-0.3, -0.25) is 9.69 Å². The van der Waals surface area contributed by atoms with Crippen molar-refractivity contribution < 1.29 is 14.7 Å². The summed E-state index contributed by atoms with van der Waals surface area (Å²) < 4.78 is 0. The molecule has 3 rings (SSSR count). The van der Waals surface area contributed by atoms with Crippen LogP contribution in [0.2, 0.25) is 5.02 Å². The van der Waals surface area contributed by atoms with Crippen molar-refractivity contribution in [2.75, 3.05) is 4.90 Å². The summed E-state index contributed by atoms with van der Waals surface area (Å²) in [4.78, 5) is 25.9. The van der Waals surface area contributed by atoms with Gasteiger partial charge in [-0.05, 0) is 42.7 Å². The summed E-state index contributed by atoms with van der Waals surface area (Å²) in [6.45, 7) is 2.25. The number of carbonyl (C=O) groups is 2. The summed E-state index contributed by atoms with van der Waals surface area (Å²) in [5.41, 5.74) is 2.27. The Morgan fingerprint density at radius 1 is 1.20 bits per heavy atom. The topological polar surface area (TPSA) is 69.6 Å². The van der Waals surface area contributed by atoms with Crippen molar-refractivity contribution in [2.24, 2.45) is 0 Å². The summed E-state index contributed by atoms with van der Waals surface area (Å²) in [6.07, 6.45) is 0.390. The molecule has 0 aliphatic carbocycles. The van der Waals surface area contributed by atoms with Crippen molar-refractivity contribution in [3.05, 3.63) is 64.7 Å². The van der Waals surface area contributed by atoms with Gasteiger partial charge in [0.15, 0.2) is 0 Å². The third kappa shape index (κ3) is 3.61. The molecule has 1 heterocycles. The van der Waals surface area contributed by atoms with Gasteiger partial charge in [0.05, 0.1) is 5.92 Å². The molecule has 5 nitrogen and oxygen atoms in total. The van der Waals surface area contributed by atoms with Gasteiger partial charge in [-0.15, -0.1) is 0 Å². The molecular weight excluding hydrogens is 340 g/mol. The fourth-order valence-electron chi connectivity index (χ4n) is 3.22. The Balaban J connectivity index is 1.80. The molecule has 0 fully saturated rings. The van der Waals surface area contributed by atoms with E-state index in [-0.39, 0.29) is 12.1 Å². The third-order valence-corrected chi connectivity index (χ3v) is 4.72. The standard InChI is InChI=1S/C19H19ClN2O3/c1-12-10-16(18(23)24)15-4-2-3-5-17(15)22(12)19(25)21-11-13-6-8-14(20)9-7-13/h2-9,12,16H,10-11H2,1H3,(H,21,25)(H,23,24). The van der Waals surface area contributed by atoms with Crippen molar-refractivity contribution in [3.63, 3.8) is 0 Å². The molecule has 6 heteroatoms. The number of urea groups is 1. The van der Waals surface area contributed by atoms with Crippen LogP contribution in [-0.2, 0) is 11.3 Å². The molecule has 0 aromatic heterocycles. The number of carboxylic acid groups (broad SMARTS) is 1. The number of halogens is 1. The molecule has 0 spiro atoms. The maximum atomic E-state index is 12.7. The number of aliphatic carboxylic acids is 1. The van der Waals surface area contributed by atoms with E-state index in [2.05, 4.69) is 5.32 Å². The van der Waals surface area contributed by atoms with E-state index < -0.39 is 11.9 Å². The molecule has 130 valence electrons. The second kappa shape index (κ2) is 7.15. The first-order chi connectivity index (χ1) is 12.0. The van der Waals surface area contributed by atoms with Crippen LogP contribution in [0.15, 0.2) is 48.5 Å². The Labute approximate surface area is 151 Å². The monoisotopic (exact) mass is 358 g/mol. The Morgan fingerprint density at radius 2 is 1.88 bits per heavy atom. The number of hydrogen-bond donors (Lipinski definition) is 2. The second-order valence-electron chi connectivity index (χ2n) is 6.19. The van der Waals surface area contributed by atoms with Gasteiger partial charge in [-0.2, -0.15) is 0 Å². The molecule has 2 amide bonds. The molecule has 1 aliphatic rings. The third-order valence-electron chi connectivity index (χ3n) is 4.46. The molecule has 2 aromatic rings. The average Bonchev–Trinajstić information content (AvgIpc) is 2.60. The van der Waals surface area contributed by atoms with Gasteiger partial charge in [-0.25, -0.2) is 4.79 Å². The van der Waals surface area contributed by atoms with Crippen molar-refractivity contribution in [1.29, 1.82) is 0 Å². The number of nitrogens with one attached hydrogen (secondary N) is 1. The first-order valence-electron chi connectivity index (χ1n) is 8.10. The quantitative estimate of drug-likeness (QED) is 0.870. The lowest BCUT2D eigenvalue weighted by molar-refractivity contribution is -0.139. The number of carboxylic acids is 1. The van der Waals surface area contributed by atoms with E-state index in [0.29, 0.717) is 29.2 Å². The highest BCUT2D eigenvalue weighted by Gasteiger charge is 2.36. The zero-order valence-electron chi connectivity index (χ0n) is 13.8. The normalized spacial score (nSPS) is 19.2. The fraction of sp³-hybridized carbons (Fsp3) is 0.263. The average molecular weight is 359 g/mol. The van der Waals surface area contributed by atoms with Gasteiger partial charge in [0.25, 0.3) is 0 Å². The van der Waals surface area contributed by atoms with Crippen LogP contribution in [0.25, 0.3) is 0 Å². The minimum atomic E-state index is -0.861. The van der Waals surface area contributed by atoms with Crippen LogP contribution in [0.3, 0.4) is 0 Å². The highest BCUT2D eigenvalue weighted by Crippen LogP contribution is 2.38. The van der Waals surface area contributed by atoms with Crippen molar-refractivity contribution in [3.8, 4) is 0 Å². The Kier molecular flexibility index (Phi) is 4.95. The van der Waals surface area contributed by atoms with Gasteiger partial charge in [-0.1, -0.05) is 41.9 Å². The zero-order valence-corrected chi connectivity index (χ0v) is 14.5. The molecule has 0 bridgehead atoms. The summed E-state index contributed by atoms with van der Waals surface area (Å²) in [5, 5.41) is 13.0. The maximum absolute atomic E-state index is 12.7. The Bertz CT molecular complexity index is 792. The van der Waals surface area contributed by atoms with Crippen LogP contribution >= 0.6 is 11.6 Å². The van der Waals surface area contributed by atoms with E-state index in [0.717, 1.165) is 5.56 Å². The fourth-order valence-corrected chi connectivity index (χ4v) is 3.35. The lowest BCUT2D eigenvalue weighted by Crippen LogP contribution is -2.48. The van der Waals surface area contributed by atoms with Crippen molar-refractivity contribution >= 4 is 29.3 Å². The number of benzene rings is 2. The lowest BCUT2D eigenvalue weighted by Gasteiger charge is -2.37. The van der Waals surface area contributed by atoms with E-state index >= 15 is 0 Å². The predicted molar refractivity (Wildman–Crippen MR) is 97.1 cm³/mol. The molecule has 2 aromatic carbocycles. The van der Waals surface area contributed by atoms with E-state index in [4.69, 9.17) is 11.6 Å². The van der Waals surface area contributed by atoms with E-state index in [1.165, 1.54) is 0 Å². The minimum Gasteiger partial charge on any atom is -0.481 e. The van der Waals surface area contributed by atoms with Crippen LogP contribution in [-0.4, -0.2) is 23.1 Å². The summed E-state index contributed by atoms with van der Waals surface area (Å²) in [5.74, 6) is -1.45. The van der Waals surface area contributed by atoms with Crippen LogP contribution in [0.1, 0.15) is 30.4 Å². The molecular formula is C19H19ClN2O3. The highest BCUT2D eigenvalue weighted by molar-refractivity contribution is 6.30. The Morgan fingerprint density at radius 3 is 2.56 bits per heavy atom. The molecule has 2 atom stereocenters. The lowest BCUT2D eigenvalue weighted by atomic mass is 9.86. The van der Waals surface area contributed by atoms with E-state index in [9.17, 15) is 14.7 Å². The number of nitrogens with zero attached hydrogens (tertiary/aromatic N) is 1. The summed E-state index contributed by atoms with van der Waals surface area (Å²) in [6, 6.07) is 14.0. The van der Waals surface area contributed by atoms with Crippen molar-refractivity contribution in [1.82, 2.24) is 5.32 Å². The van der Waals surface area contributed by atoms with Crippen LogP contribution in [0.5, 0.6) is 0 Å². The number of rotatable bonds is 3. The van der Waals surface area contributed by atoms with Crippen LogP contribution < -0.4 is 10.2 Å². The number of hydrogen-bond acceptors (Lipinski definition) is 2. The highest BCUT2D eigenvalue weighted by atomic mass is 35.5. The number of anilines is 1. The molecule has 2 unspecified atom stereocenters.